The van der Waals surface area contributed by atoms with Crippen LogP contribution in [0.4, 0.5) is 4.79 Å². The van der Waals surface area contributed by atoms with Gasteiger partial charge in [0.25, 0.3) is 0 Å². The van der Waals surface area contributed by atoms with Crippen molar-refractivity contribution < 1.29 is 33.0 Å². The number of thiophene rings is 1. The van der Waals surface area contributed by atoms with Gasteiger partial charge in [0.1, 0.15) is 29.6 Å². The lowest BCUT2D eigenvalue weighted by Gasteiger charge is -2.21. The van der Waals surface area contributed by atoms with Crippen molar-refractivity contribution in [1.29, 1.82) is 0 Å². The van der Waals surface area contributed by atoms with Crippen LogP contribution >= 0.6 is 27.3 Å². The van der Waals surface area contributed by atoms with Crippen molar-refractivity contribution in [1.82, 2.24) is 9.88 Å². The fourth-order valence-corrected chi connectivity index (χ4v) is 5.04. The first-order valence-corrected chi connectivity index (χ1v) is 14.2. The van der Waals surface area contributed by atoms with E-state index in [1.54, 1.807) is 49.6 Å². The zero-order valence-corrected chi connectivity index (χ0v) is 24.7. The molecule has 0 spiro atoms. The summed E-state index contributed by atoms with van der Waals surface area (Å²) >= 11 is 5.03. The average molecular weight is 630 g/mol. The van der Waals surface area contributed by atoms with Crippen molar-refractivity contribution in [3.8, 4) is 28.0 Å². The first-order chi connectivity index (χ1) is 19.3. The van der Waals surface area contributed by atoms with Crippen LogP contribution in [0.3, 0.4) is 0 Å². The molecule has 0 aliphatic carbocycles. The molecule has 2 aromatic heterocycles. The molecule has 0 aliphatic rings. The van der Waals surface area contributed by atoms with Gasteiger partial charge in [-0.15, -0.1) is 11.3 Å². The maximum Gasteiger partial charge on any atom is 0.416 e. The van der Waals surface area contributed by atoms with Gasteiger partial charge in [-0.05, 0) is 83.9 Å². The number of ether oxygens (including phenoxy) is 4. The third-order valence-electron chi connectivity index (χ3n) is 5.73. The second kappa shape index (κ2) is 14.0. The molecule has 0 unspecified atom stereocenters. The topological polar surface area (TPSA) is 100 Å². The summed E-state index contributed by atoms with van der Waals surface area (Å²) in [6, 6.07) is 17.8. The molecule has 0 bridgehead atoms. The molecule has 210 valence electrons. The first kappa shape index (κ1) is 29.2. The molecule has 0 saturated carbocycles. The Bertz CT molecular complexity index is 1420. The van der Waals surface area contributed by atoms with E-state index in [-0.39, 0.29) is 19.7 Å². The summed E-state index contributed by atoms with van der Waals surface area (Å²) in [6.07, 6.45) is -0.0791. The second-order valence-electron chi connectivity index (χ2n) is 8.57. The molecule has 1 amide bonds. The number of methoxy groups -OCH3 is 1. The van der Waals surface area contributed by atoms with E-state index >= 15 is 0 Å². The summed E-state index contributed by atoms with van der Waals surface area (Å²) in [5.41, 5.74) is 1.64. The molecule has 0 N–H and O–H groups in total. The lowest BCUT2D eigenvalue weighted by atomic mass is 10.2. The molecule has 40 heavy (non-hydrogen) atoms. The number of aryl methyl sites for hydroxylation is 1. The number of hydrogen-bond acceptors (Lipinski definition) is 9. The fraction of sp³-hybridized carbons (Fsp3) is 0.276. The highest BCUT2D eigenvalue weighted by molar-refractivity contribution is 9.11. The van der Waals surface area contributed by atoms with Gasteiger partial charge in [0.15, 0.2) is 0 Å². The van der Waals surface area contributed by atoms with E-state index in [1.165, 1.54) is 4.90 Å². The number of aromatic nitrogens is 1. The molecule has 0 atom stereocenters. The molecule has 2 heterocycles. The van der Waals surface area contributed by atoms with Crippen molar-refractivity contribution in [2.45, 2.75) is 26.8 Å². The maximum atomic E-state index is 12.9. The van der Waals surface area contributed by atoms with Gasteiger partial charge < -0.3 is 23.4 Å². The van der Waals surface area contributed by atoms with Gasteiger partial charge in [-0.3, -0.25) is 9.69 Å². The Balaban J connectivity index is 1.34. The molecule has 2 aromatic carbocycles. The van der Waals surface area contributed by atoms with Crippen LogP contribution in [0.5, 0.6) is 17.2 Å². The van der Waals surface area contributed by atoms with Crippen LogP contribution in [-0.4, -0.2) is 48.8 Å². The summed E-state index contributed by atoms with van der Waals surface area (Å²) < 4.78 is 28.4. The third-order valence-corrected chi connectivity index (χ3v) is 7.34. The molecule has 4 rings (SSSR count). The summed E-state index contributed by atoms with van der Waals surface area (Å²) in [7, 11) is 1.55. The van der Waals surface area contributed by atoms with Crippen molar-refractivity contribution in [3.05, 3.63) is 81.5 Å². The Morgan fingerprint density at radius 1 is 1.00 bits per heavy atom. The monoisotopic (exact) mass is 628 g/mol. The number of esters is 1. The van der Waals surface area contributed by atoms with E-state index in [2.05, 4.69) is 20.9 Å². The number of rotatable bonds is 12. The van der Waals surface area contributed by atoms with Crippen LogP contribution < -0.4 is 14.2 Å². The summed E-state index contributed by atoms with van der Waals surface area (Å²) in [4.78, 5) is 31.9. The van der Waals surface area contributed by atoms with Crippen LogP contribution in [0.25, 0.3) is 10.8 Å². The molecule has 0 aliphatic heterocycles. The van der Waals surface area contributed by atoms with E-state index in [0.29, 0.717) is 36.2 Å². The molecule has 0 fully saturated rings. The average Bonchev–Trinajstić information content (AvgIpc) is 3.55. The van der Waals surface area contributed by atoms with Gasteiger partial charge in [-0.2, -0.15) is 0 Å². The summed E-state index contributed by atoms with van der Waals surface area (Å²) in [6.45, 7) is 4.14. The Morgan fingerprint density at radius 3 is 2.35 bits per heavy atom. The van der Waals surface area contributed by atoms with E-state index in [9.17, 15) is 9.59 Å². The summed E-state index contributed by atoms with van der Waals surface area (Å²) in [5.74, 6) is 2.49. The lowest BCUT2D eigenvalue weighted by molar-refractivity contribution is -0.144. The zero-order chi connectivity index (χ0) is 28.5. The van der Waals surface area contributed by atoms with Crippen LogP contribution in [0, 0.1) is 6.92 Å². The van der Waals surface area contributed by atoms with E-state index in [4.69, 9.17) is 23.4 Å². The maximum absolute atomic E-state index is 12.9. The fourth-order valence-electron chi connectivity index (χ4n) is 3.73. The Kier molecular flexibility index (Phi) is 10.2. The van der Waals surface area contributed by atoms with Gasteiger partial charge in [-0.1, -0.05) is 12.1 Å². The van der Waals surface area contributed by atoms with Crippen molar-refractivity contribution >= 4 is 39.3 Å². The van der Waals surface area contributed by atoms with Crippen molar-refractivity contribution in [3.63, 3.8) is 0 Å². The Labute approximate surface area is 244 Å². The van der Waals surface area contributed by atoms with Gasteiger partial charge in [0.2, 0.25) is 5.89 Å². The van der Waals surface area contributed by atoms with Gasteiger partial charge in [-0.25, -0.2) is 9.78 Å². The number of hydrogen-bond donors (Lipinski definition) is 0. The normalized spacial score (nSPS) is 10.7. The van der Waals surface area contributed by atoms with E-state index in [1.807, 2.05) is 43.3 Å². The molecular weight excluding hydrogens is 600 g/mol. The van der Waals surface area contributed by atoms with Gasteiger partial charge in [0, 0.05) is 13.0 Å². The van der Waals surface area contributed by atoms with Gasteiger partial charge >= 0.3 is 12.1 Å². The highest BCUT2D eigenvalue weighted by Crippen LogP contribution is 2.32. The van der Waals surface area contributed by atoms with Crippen molar-refractivity contribution in [2.24, 2.45) is 0 Å². The second-order valence-corrected chi connectivity index (χ2v) is 11.0. The predicted octanol–water partition coefficient (Wildman–Crippen LogP) is 6.67. The minimum Gasteiger partial charge on any atom is -0.497 e. The summed E-state index contributed by atoms with van der Waals surface area (Å²) in [5, 5.41) is 0. The standard InChI is InChI=1S/C29H29BrN2O7S/c1-4-36-27(33)18-32(29(34)39-23-11-9-21(35-3)10-12-23)17-20-5-7-22(8-6-20)37-16-15-24-19(2)38-28(31-24)25-13-14-26(30)40-25/h5-14H,4,15-18H2,1-3H3. The number of carbonyl (C=O) groups is 2. The lowest BCUT2D eigenvalue weighted by Crippen LogP contribution is -2.38. The number of benzene rings is 2. The predicted molar refractivity (Wildman–Crippen MR) is 154 cm³/mol. The van der Waals surface area contributed by atoms with E-state index in [0.717, 1.165) is 25.7 Å². The molecule has 9 nitrogen and oxygen atoms in total. The molecule has 11 heteroatoms. The molecule has 0 saturated heterocycles. The van der Waals surface area contributed by atoms with Crippen LogP contribution in [0.1, 0.15) is 23.9 Å². The third kappa shape index (κ3) is 8.09. The quantitative estimate of drug-likeness (QED) is 0.160. The number of halogens is 1. The zero-order valence-electron chi connectivity index (χ0n) is 22.3. The smallest absolute Gasteiger partial charge is 0.416 e. The largest absolute Gasteiger partial charge is 0.497 e. The number of amides is 1. The van der Waals surface area contributed by atoms with E-state index < -0.39 is 12.1 Å². The highest BCUT2D eigenvalue weighted by Gasteiger charge is 2.21. The van der Waals surface area contributed by atoms with Crippen LogP contribution in [-0.2, 0) is 22.5 Å². The van der Waals surface area contributed by atoms with Crippen LogP contribution in [0.2, 0.25) is 0 Å². The number of carbonyl (C=O) groups excluding carboxylic acids is 2. The highest BCUT2D eigenvalue weighted by atomic mass is 79.9. The Hall–Kier alpha value is -3.83. The molecular formula is C29H29BrN2O7S. The molecule has 4 aromatic rings. The first-order valence-electron chi connectivity index (χ1n) is 12.5. The Morgan fingerprint density at radius 2 is 1.70 bits per heavy atom. The minimum absolute atomic E-state index is 0.147. The minimum atomic E-state index is -0.671. The SMILES string of the molecule is CCOC(=O)CN(Cc1ccc(OCCc2nc(-c3ccc(Br)s3)oc2C)cc1)C(=O)Oc1ccc(OC)cc1. The molecule has 0 radical (unpaired) electrons. The number of oxazole rings is 1. The number of nitrogens with zero attached hydrogens (tertiary/aromatic N) is 2. The van der Waals surface area contributed by atoms with Gasteiger partial charge in [0.05, 0.1) is 34.7 Å². The van der Waals surface area contributed by atoms with Crippen molar-refractivity contribution in [2.75, 3.05) is 26.9 Å². The van der Waals surface area contributed by atoms with Crippen LogP contribution in [0.15, 0.2) is 68.9 Å².